The van der Waals surface area contributed by atoms with Gasteiger partial charge in [-0.2, -0.15) is 23.3 Å². The first-order valence-corrected chi connectivity index (χ1v) is 9.99. The van der Waals surface area contributed by atoms with Gasteiger partial charge in [-0.25, -0.2) is 9.97 Å². The number of hydrogen-bond acceptors (Lipinski definition) is 8. The largest absolute Gasteiger partial charge is 0.416 e. The van der Waals surface area contributed by atoms with Crippen molar-refractivity contribution < 1.29 is 17.7 Å². The summed E-state index contributed by atoms with van der Waals surface area (Å²) in [5.41, 5.74) is 0.305. The van der Waals surface area contributed by atoms with Gasteiger partial charge in [-0.15, -0.1) is 0 Å². The highest BCUT2D eigenvalue weighted by Gasteiger charge is 2.31. The lowest BCUT2D eigenvalue weighted by atomic mass is 10.1. The van der Waals surface area contributed by atoms with Crippen molar-refractivity contribution in [2.24, 2.45) is 7.05 Å². The summed E-state index contributed by atoms with van der Waals surface area (Å²) in [4.78, 5) is 17.3. The second-order valence-electron chi connectivity index (χ2n) is 7.56. The Hall–Kier alpha value is -3.54. The molecule has 0 amide bonds. The summed E-state index contributed by atoms with van der Waals surface area (Å²) < 4.78 is 45.9. The van der Waals surface area contributed by atoms with Gasteiger partial charge in [-0.3, -0.25) is 9.58 Å². The van der Waals surface area contributed by atoms with Crippen molar-refractivity contribution in [1.82, 2.24) is 34.8 Å². The van der Waals surface area contributed by atoms with Crippen LogP contribution in [-0.2, 0) is 19.8 Å². The van der Waals surface area contributed by atoms with Crippen LogP contribution in [0.2, 0.25) is 0 Å². The summed E-state index contributed by atoms with van der Waals surface area (Å²) in [6.07, 6.45) is -1.11. The van der Waals surface area contributed by atoms with Crippen LogP contribution in [0.4, 0.5) is 19.0 Å². The lowest BCUT2D eigenvalue weighted by Crippen LogP contribution is -2.46. The molecule has 1 aromatic carbocycles. The number of nitrogens with zero attached hydrogens (tertiary/aromatic N) is 8. The van der Waals surface area contributed by atoms with Crippen molar-refractivity contribution in [3.8, 4) is 11.4 Å². The molecule has 1 fully saturated rings. The van der Waals surface area contributed by atoms with Gasteiger partial charge in [0.05, 0.1) is 23.7 Å². The molecular formula is C20H19F3N8O. The number of hydrogen-bond donors (Lipinski definition) is 0. The summed E-state index contributed by atoms with van der Waals surface area (Å²) in [5.74, 6) is 1.36. The van der Waals surface area contributed by atoms with Crippen LogP contribution >= 0.6 is 0 Å². The molecule has 1 aliphatic rings. The van der Waals surface area contributed by atoms with Crippen molar-refractivity contribution in [2.45, 2.75) is 12.7 Å². The van der Waals surface area contributed by atoms with Gasteiger partial charge in [0.1, 0.15) is 12.1 Å². The highest BCUT2D eigenvalue weighted by atomic mass is 19.4. The van der Waals surface area contributed by atoms with Gasteiger partial charge >= 0.3 is 6.18 Å². The van der Waals surface area contributed by atoms with Gasteiger partial charge in [0.2, 0.25) is 11.7 Å². The van der Waals surface area contributed by atoms with Gasteiger partial charge < -0.3 is 9.42 Å². The van der Waals surface area contributed by atoms with E-state index in [0.717, 1.165) is 55.2 Å². The number of anilines is 1. The predicted molar refractivity (Wildman–Crippen MR) is 109 cm³/mol. The number of rotatable bonds is 4. The zero-order valence-corrected chi connectivity index (χ0v) is 17.1. The van der Waals surface area contributed by atoms with E-state index >= 15 is 0 Å². The molecule has 0 radical (unpaired) electrons. The van der Waals surface area contributed by atoms with Crippen molar-refractivity contribution in [1.29, 1.82) is 0 Å². The Morgan fingerprint density at radius 1 is 1.09 bits per heavy atom. The van der Waals surface area contributed by atoms with Gasteiger partial charge in [0.25, 0.3) is 0 Å². The van der Waals surface area contributed by atoms with Crippen LogP contribution in [-0.4, -0.2) is 61.0 Å². The van der Waals surface area contributed by atoms with Crippen molar-refractivity contribution >= 4 is 16.9 Å². The Labute approximate surface area is 180 Å². The van der Waals surface area contributed by atoms with Gasteiger partial charge in [-0.1, -0.05) is 17.3 Å². The minimum Gasteiger partial charge on any atom is -0.353 e. The fourth-order valence-corrected chi connectivity index (χ4v) is 3.78. The first-order valence-electron chi connectivity index (χ1n) is 9.99. The second kappa shape index (κ2) is 7.86. The molecule has 166 valence electrons. The fourth-order valence-electron chi connectivity index (χ4n) is 3.78. The smallest absolute Gasteiger partial charge is 0.353 e. The van der Waals surface area contributed by atoms with E-state index in [9.17, 15) is 13.2 Å². The molecule has 4 heterocycles. The normalized spacial score (nSPS) is 15.6. The maximum atomic E-state index is 13.0. The highest BCUT2D eigenvalue weighted by molar-refractivity contribution is 5.86. The standard InChI is InChI=1S/C20H19F3N8O/c1-29-18-15(10-26-29)19(25-12-24-18)31-7-5-30(6-8-31)11-16-27-17(28-32-16)13-3-2-4-14(9-13)20(21,22)23/h2-4,9-10,12H,5-8,11H2,1H3. The van der Waals surface area contributed by atoms with Crippen molar-refractivity contribution in [3.05, 3.63) is 48.2 Å². The highest BCUT2D eigenvalue weighted by Crippen LogP contribution is 2.31. The molecule has 1 saturated heterocycles. The molecule has 0 saturated carbocycles. The molecule has 12 heteroatoms. The minimum absolute atomic E-state index is 0.143. The van der Waals surface area contributed by atoms with E-state index < -0.39 is 11.7 Å². The molecule has 9 nitrogen and oxygen atoms in total. The van der Waals surface area contributed by atoms with E-state index in [1.165, 1.54) is 12.1 Å². The topological polar surface area (TPSA) is 89.0 Å². The number of halogens is 3. The summed E-state index contributed by atoms with van der Waals surface area (Å²) in [6.45, 7) is 3.40. The van der Waals surface area contributed by atoms with E-state index in [1.54, 1.807) is 17.2 Å². The summed E-state index contributed by atoms with van der Waals surface area (Å²) in [6, 6.07) is 4.90. The number of aryl methyl sites for hydroxylation is 1. The zero-order chi connectivity index (χ0) is 22.3. The van der Waals surface area contributed by atoms with Crippen LogP contribution in [0.15, 0.2) is 41.3 Å². The number of alkyl halides is 3. The third kappa shape index (κ3) is 3.88. The Morgan fingerprint density at radius 3 is 2.69 bits per heavy atom. The predicted octanol–water partition coefficient (Wildman–Crippen LogP) is 2.75. The molecule has 4 aromatic rings. The first-order chi connectivity index (χ1) is 15.4. The number of aromatic nitrogens is 6. The van der Waals surface area contributed by atoms with E-state index in [-0.39, 0.29) is 11.4 Å². The van der Waals surface area contributed by atoms with Crippen LogP contribution in [0.25, 0.3) is 22.4 Å². The lowest BCUT2D eigenvalue weighted by molar-refractivity contribution is -0.137. The molecule has 0 unspecified atom stereocenters. The Balaban J connectivity index is 1.24. The zero-order valence-electron chi connectivity index (χ0n) is 17.1. The van der Waals surface area contributed by atoms with E-state index in [1.807, 2.05) is 7.05 Å². The van der Waals surface area contributed by atoms with Crippen LogP contribution in [0.1, 0.15) is 11.5 Å². The van der Waals surface area contributed by atoms with Gasteiger partial charge in [-0.05, 0) is 12.1 Å². The molecular weight excluding hydrogens is 425 g/mol. The molecule has 1 aliphatic heterocycles. The third-order valence-corrected chi connectivity index (χ3v) is 5.46. The number of fused-ring (bicyclic) bond motifs is 1. The molecule has 32 heavy (non-hydrogen) atoms. The summed E-state index contributed by atoms with van der Waals surface area (Å²) >= 11 is 0. The Kier molecular flexibility index (Phi) is 5.00. The Bertz CT molecular complexity index is 1240. The van der Waals surface area contributed by atoms with Crippen LogP contribution < -0.4 is 4.90 Å². The van der Waals surface area contributed by atoms with E-state index in [2.05, 4.69) is 35.0 Å². The van der Waals surface area contributed by atoms with E-state index in [0.29, 0.717) is 12.4 Å². The number of piperazine rings is 1. The lowest BCUT2D eigenvalue weighted by Gasteiger charge is -2.34. The molecule has 0 spiro atoms. The summed E-state index contributed by atoms with van der Waals surface area (Å²) in [7, 11) is 1.84. The first kappa shape index (κ1) is 20.4. The average molecular weight is 444 g/mol. The molecule has 0 N–H and O–H groups in total. The molecule has 3 aromatic heterocycles. The molecule has 0 bridgehead atoms. The maximum absolute atomic E-state index is 13.0. The van der Waals surface area contributed by atoms with Crippen molar-refractivity contribution in [3.63, 3.8) is 0 Å². The third-order valence-electron chi connectivity index (χ3n) is 5.46. The molecule has 0 atom stereocenters. The van der Waals surface area contributed by atoms with Crippen LogP contribution in [0.3, 0.4) is 0 Å². The Morgan fingerprint density at radius 2 is 1.91 bits per heavy atom. The van der Waals surface area contributed by atoms with Crippen LogP contribution in [0.5, 0.6) is 0 Å². The SMILES string of the molecule is Cn1ncc2c(N3CCN(Cc4nc(-c5cccc(C(F)(F)F)c5)no4)CC3)ncnc21. The quantitative estimate of drug-likeness (QED) is 0.475. The summed E-state index contributed by atoms with van der Waals surface area (Å²) in [5, 5.41) is 9.02. The van der Waals surface area contributed by atoms with E-state index in [4.69, 9.17) is 4.52 Å². The maximum Gasteiger partial charge on any atom is 0.416 e. The molecule has 0 aliphatic carbocycles. The van der Waals surface area contributed by atoms with Gasteiger partial charge in [0, 0.05) is 38.8 Å². The van der Waals surface area contributed by atoms with Gasteiger partial charge in [0.15, 0.2) is 5.65 Å². The monoisotopic (exact) mass is 444 g/mol. The average Bonchev–Trinajstić information content (AvgIpc) is 3.41. The minimum atomic E-state index is -4.42. The number of benzene rings is 1. The van der Waals surface area contributed by atoms with Crippen molar-refractivity contribution in [2.75, 3.05) is 31.1 Å². The van der Waals surface area contributed by atoms with Crippen LogP contribution in [0, 0.1) is 0 Å². The fraction of sp³-hybridized carbons (Fsp3) is 0.350. The second-order valence-corrected chi connectivity index (χ2v) is 7.56. The molecule has 5 rings (SSSR count).